The van der Waals surface area contributed by atoms with E-state index in [1.807, 2.05) is 31.2 Å². The average Bonchev–Trinajstić information content (AvgIpc) is 3.59. The predicted octanol–water partition coefficient (Wildman–Crippen LogP) is 0.505. The first-order valence-electron chi connectivity index (χ1n) is 11.9. The predicted molar refractivity (Wildman–Crippen MR) is 126 cm³/mol. The smallest absolute Gasteiger partial charge is 0.245 e. The minimum atomic E-state index is -0.690. The maximum atomic E-state index is 13.6. The number of rotatable bonds is 9. The van der Waals surface area contributed by atoms with Gasteiger partial charge < -0.3 is 20.6 Å². The SMILES string of the molecule is CCCNC(=O)[C@@H]1[C@H]2C(=O)N(CCCO)C(C(=O)NCn3nnc4ccccc43)C23CC[C@H]1S3. The zero-order valence-electron chi connectivity index (χ0n) is 19.1. The number of nitrogens with zero attached hydrogens (tertiary/aromatic N) is 4. The lowest BCUT2D eigenvalue weighted by Gasteiger charge is -2.34. The lowest BCUT2D eigenvalue weighted by atomic mass is 9.70. The van der Waals surface area contributed by atoms with Crippen LogP contribution in [0.3, 0.4) is 0 Å². The Morgan fingerprint density at radius 3 is 2.88 bits per heavy atom. The Balaban J connectivity index is 1.41. The van der Waals surface area contributed by atoms with Crippen LogP contribution in [0.25, 0.3) is 11.0 Å². The third-order valence-electron chi connectivity index (χ3n) is 7.28. The topological polar surface area (TPSA) is 129 Å². The summed E-state index contributed by atoms with van der Waals surface area (Å²) in [4.78, 5) is 41.9. The van der Waals surface area contributed by atoms with E-state index < -0.39 is 22.6 Å². The number of aliphatic hydroxyl groups is 1. The first kappa shape index (κ1) is 23.1. The number of thioether (sulfide) groups is 1. The van der Waals surface area contributed by atoms with Crippen molar-refractivity contribution in [3.8, 4) is 0 Å². The van der Waals surface area contributed by atoms with Crippen LogP contribution in [0.5, 0.6) is 0 Å². The number of para-hydroxylation sites is 1. The third-order valence-corrected chi connectivity index (χ3v) is 9.23. The number of hydrogen-bond acceptors (Lipinski definition) is 7. The molecule has 3 aliphatic rings. The molecule has 0 aliphatic carbocycles. The van der Waals surface area contributed by atoms with Crippen LogP contribution >= 0.6 is 11.8 Å². The molecule has 2 bridgehead atoms. The lowest BCUT2D eigenvalue weighted by Crippen LogP contribution is -2.54. The van der Waals surface area contributed by atoms with Gasteiger partial charge >= 0.3 is 0 Å². The second-order valence-corrected chi connectivity index (χ2v) is 10.8. The van der Waals surface area contributed by atoms with Crippen molar-refractivity contribution in [1.29, 1.82) is 0 Å². The van der Waals surface area contributed by atoms with E-state index in [2.05, 4.69) is 20.9 Å². The highest BCUT2D eigenvalue weighted by Crippen LogP contribution is 2.66. The number of aliphatic hydroxyl groups excluding tert-OH is 1. The molecule has 10 nitrogen and oxygen atoms in total. The Bertz CT molecular complexity index is 1110. The van der Waals surface area contributed by atoms with Crippen molar-refractivity contribution in [3.63, 3.8) is 0 Å². The summed E-state index contributed by atoms with van der Waals surface area (Å²) in [6, 6.07) is 6.82. The number of aromatic nitrogens is 3. The number of fused-ring (bicyclic) bond motifs is 2. The molecular formula is C23H30N6O4S. The summed E-state index contributed by atoms with van der Waals surface area (Å²) in [5.41, 5.74) is 1.55. The molecule has 2 unspecified atom stereocenters. The minimum absolute atomic E-state index is 0.0420. The Hall–Kier alpha value is -2.66. The Morgan fingerprint density at radius 2 is 2.09 bits per heavy atom. The first-order chi connectivity index (χ1) is 16.5. The summed E-state index contributed by atoms with van der Waals surface area (Å²) in [5, 5.41) is 23.6. The molecule has 1 spiro atoms. The molecule has 3 saturated heterocycles. The van der Waals surface area contributed by atoms with Gasteiger partial charge in [0.15, 0.2) is 0 Å². The van der Waals surface area contributed by atoms with Crippen LogP contribution in [0.4, 0.5) is 0 Å². The van der Waals surface area contributed by atoms with Crippen molar-refractivity contribution in [2.75, 3.05) is 19.7 Å². The number of carbonyl (C=O) groups excluding carboxylic acids is 3. The Kier molecular flexibility index (Phi) is 6.24. The zero-order valence-corrected chi connectivity index (χ0v) is 20.0. The molecule has 34 heavy (non-hydrogen) atoms. The van der Waals surface area contributed by atoms with Crippen LogP contribution in [0.1, 0.15) is 32.6 Å². The monoisotopic (exact) mass is 486 g/mol. The van der Waals surface area contributed by atoms with Crippen molar-refractivity contribution < 1.29 is 19.5 Å². The van der Waals surface area contributed by atoms with Crippen LogP contribution in [0, 0.1) is 11.8 Å². The van der Waals surface area contributed by atoms with E-state index in [1.54, 1.807) is 21.3 Å². The van der Waals surface area contributed by atoms with Crippen molar-refractivity contribution in [3.05, 3.63) is 24.3 Å². The molecule has 2 aromatic rings. The number of likely N-dealkylation sites (tertiary alicyclic amines) is 1. The van der Waals surface area contributed by atoms with Crippen molar-refractivity contribution in [2.45, 2.75) is 55.3 Å². The normalized spacial score (nSPS) is 29.6. The average molecular weight is 487 g/mol. The molecule has 4 heterocycles. The van der Waals surface area contributed by atoms with Gasteiger partial charge in [-0.05, 0) is 37.8 Å². The number of hydrogen-bond donors (Lipinski definition) is 3. The lowest BCUT2D eigenvalue weighted by molar-refractivity contribution is -0.140. The van der Waals surface area contributed by atoms with Gasteiger partial charge in [-0.25, -0.2) is 4.68 Å². The summed E-state index contributed by atoms with van der Waals surface area (Å²) in [5.74, 6) is -1.43. The van der Waals surface area contributed by atoms with Gasteiger partial charge in [-0.2, -0.15) is 0 Å². The molecular weight excluding hydrogens is 456 g/mol. The summed E-state index contributed by atoms with van der Waals surface area (Å²) in [6.45, 7) is 2.91. The van der Waals surface area contributed by atoms with Gasteiger partial charge in [-0.1, -0.05) is 24.3 Å². The maximum absolute atomic E-state index is 13.6. The van der Waals surface area contributed by atoms with Crippen LogP contribution < -0.4 is 10.6 Å². The van der Waals surface area contributed by atoms with Gasteiger partial charge in [0.2, 0.25) is 17.7 Å². The molecule has 182 valence electrons. The third kappa shape index (κ3) is 3.56. The Labute approximate surface area is 201 Å². The van der Waals surface area contributed by atoms with Gasteiger partial charge in [-0.15, -0.1) is 16.9 Å². The molecule has 0 radical (unpaired) electrons. The van der Waals surface area contributed by atoms with E-state index in [9.17, 15) is 19.5 Å². The molecule has 0 saturated carbocycles. The molecule has 1 aromatic carbocycles. The fourth-order valence-corrected chi connectivity index (χ4v) is 8.10. The molecule has 5 atom stereocenters. The number of carbonyl (C=O) groups is 3. The molecule has 3 amide bonds. The minimum Gasteiger partial charge on any atom is -0.396 e. The van der Waals surface area contributed by atoms with Crippen LogP contribution in [-0.2, 0) is 21.1 Å². The van der Waals surface area contributed by atoms with Gasteiger partial charge in [0.1, 0.15) is 18.2 Å². The highest BCUT2D eigenvalue weighted by molar-refractivity contribution is 8.02. The number of benzene rings is 1. The van der Waals surface area contributed by atoms with Crippen LogP contribution in [0.15, 0.2) is 24.3 Å². The van der Waals surface area contributed by atoms with Crippen molar-refractivity contribution in [2.24, 2.45) is 11.8 Å². The van der Waals surface area contributed by atoms with E-state index in [-0.39, 0.29) is 42.8 Å². The van der Waals surface area contributed by atoms with Gasteiger partial charge in [0, 0.05) is 24.9 Å². The number of amides is 3. The van der Waals surface area contributed by atoms with Crippen molar-refractivity contribution in [1.82, 2.24) is 30.5 Å². The molecule has 11 heteroatoms. The van der Waals surface area contributed by atoms with Gasteiger partial charge in [0.25, 0.3) is 0 Å². The fourth-order valence-electron chi connectivity index (χ4n) is 5.88. The fraction of sp³-hybridized carbons (Fsp3) is 0.609. The van der Waals surface area contributed by atoms with E-state index in [0.717, 1.165) is 30.3 Å². The summed E-state index contributed by atoms with van der Waals surface area (Å²) >= 11 is 1.64. The van der Waals surface area contributed by atoms with E-state index in [0.29, 0.717) is 13.0 Å². The van der Waals surface area contributed by atoms with Crippen molar-refractivity contribution >= 4 is 40.5 Å². The number of nitrogens with one attached hydrogen (secondary N) is 2. The Morgan fingerprint density at radius 1 is 1.26 bits per heavy atom. The second-order valence-electron chi connectivity index (χ2n) is 9.23. The highest BCUT2D eigenvalue weighted by atomic mass is 32.2. The zero-order chi connectivity index (χ0) is 23.9. The van der Waals surface area contributed by atoms with Crippen LogP contribution in [-0.4, -0.2) is 78.5 Å². The molecule has 5 rings (SSSR count). The maximum Gasteiger partial charge on any atom is 0.245 e. The quantitative estimate of drug-likeness (QED) is 0.471. The second kappa shape index (κ2) is 9.18. The summed E-state index contributed by atoms with van der Waals surface area (Å²) in [7, 11) is 0. The first-order valence-corrected chi connectivity index (χ1v) is 12.8. The van der Waals surface area contributed by atoms with E-state index in [1.165, 1.54) is 0 Å². The summed E-state index contributed by atoms with van der Waals surface area (Å²) < 4.78 is 0.997. The summed E-state index contributed by atoms with van der Waals surface area (Å²) in [6.07, 6.45) is 2.73. The largest absolute Gasteiger partial charge is 0.396 e. The van der Waals surface area contributed by atoms with Gasteiger partial charge in [0.05, 0.1) is 22.1 Å². The molecule has 3 aliphatic heterocycles. The van der Waals surface area contributed by atoms with E-state index in [4.69, 9.17) is 0 Å². The molecule has 3 fully saturated rings. The highest BCUT2D eigenvalue weighted by Gasteiger charge is 2.73. The molecule has 1 aromatic heterocycles. The standard InChI is InChI=1S/C23H30N6O4S/c1-2-10-24-20(31)17-16-8-9-23(34-16)18(17)22(33)28(11-5-12-30)19(23)21(32)25-13-29-15-7-4-3-6-14(15)26-27-29/h3-4,6-7,16-19,30H,2,5,8-13H2,1H3,(H,24,31)(H,25,32)/t16-,17+,18+,19?,23?/m1/s1. The van der Waals surface area contributed by atoms with Crippen LogP contribution in [0.2, 0.25) is 0 Å². The van der Waals surface area contributed by atoms with Gasteiger partial charge in [-0.3, -0.25) is 14.4 Å². The van der Waals surface area contributed by atoms with E-state index >= 15 is 0 Å². The molecule has 3 N–H and O–H groups in total.